The molecule has 156 valence electrons. The van der Waals surface area contributed by atoms with Crippen LogP contribution < -0.4 is 28.7 Å². The van der Waals surface area contributed by atoms with Gasteiger partial charge in [-0.25, -0.2) is 0 Å². The highest BCUT2D eigenvalue weighted by Crippen LogP contribution is 2.20. The summed E-state index contributed by atoms with van der Waals surface area (Å²) in [7, 11) is -4.26. The van der Waals surface area contributed by atoms with E-state index in [1.165, 1.54) is 12.1 Å². The fraction of sp³-hybridized carbons (Fsp3) is 0.0526. The summed E-state index contributed by atoms with van der Waals surface area (Å²) < 4.78 is 29.9. The molecule has 0 amide bonds. The first-order valence-electron chi connectivity index (χ1n) is 8.18. The van der Waals surface area contributed by atoms with Crippen molar-refractivity contribution >= 4 is 51.2 Å². The van der Waals surface area contributed by atoms with E-state index in [-0.39, 0.29) is 16.3 Å². The van der Waals surface area contributed by atoms with Gasteiger partial charge in [-0.15, -0.1) is 12.6 Å². The smallest absolute Gasteiger partial charge is 0.296 e. The Hall–Kier alpha value is -3.08. The molecule has 8 nitrogen and oxygen atoms in total. The van der Waals surface area contributed by atoms with Gasteiger partial charge in [0.15, 0.2) is 0 Å². The molecule has 0 radical (unpaired) electrons. The van der Waals surface area contributed by atoms with Crippen LogP contribution in [0.2, 0.25) is 0 Å². The largest absolute Gasteiger partial charge is 0.399 e. The Balaban J connectivity index is 0.000000223. The first kappa shape index (κ1) is 24.0. The Bertz CT molecular complexity index is 1030. The summed E-state index contributed by atoms with van der Waals surface area (Å²) in [4.78, 5) is 0.585. The number of anilines is 5. The van der Waals surface area contributed by atoms with Gasteiger partial charge in [-0.1, -0.05) is 0 Å². The summed E-state index contributed by atoms with van der Waals surface area (Å²) in [5.41, 5.74) is 30.6. The Morgan fingerprint density at radius 1 is 0.724 bits per heavy atom. The van der Waals surface area contributed by atoms with Gasteiger partial charge in [-0.3, -0.25) is 4.55 Å². The maximum absolute atomic E-state index is 10.6. The highest BCUT2D eigenvalue weighted by Gasteiger charge is 2.13. The number of rotatable bonds is 1. The van der Waals surface area contributed by atoms with Crippen LogP contribution in [0.5, 0.6) is 0 Å². The number of aryl methyl sites for hydroxylation is 1. The second-order valence-electron chi connectivity index (χ2n) is 5.98. The summed E-state index contributed by atoms with van der Waals surface area (Å²) in [6, 6.07) is 16.7. The summed E-state index contributed by atoms with van der Waals surface area (Å²) >= 11 is 4.08. The Morgan fingerprint density at radius 3 is 1.55 bits per heavy atom. The van der Waals surface area contributed by atoms with Gasteiger partial charge in [0.1, 0.15) is 4.90 Å². The van der Waals surface area contributed by atoms with E-state index in [0.29, 0.717) is 0 Å². The quantitative estimate of drug-likeness (QED) is 0.173. The van der Waals surface area contributed by atoms with E-state index in [9.17, 15) is 8.42 Å². The van der Waals surface area contributed by atoms with Crippen molar-refractivity contribution in [3.05, 3.63) is 66.2 Å². The summed E-state index contributed by atoms with van der Waals surface area (Å²) in [6.45, 7) is 1.94. The van der Waals surface area contributed by atoms with Gasteiger partial charge in [0.05, 0.1) is 5.69 Å². The van der Waals surface area contributed by atoms with E-state index in [2.05, 4.69) is 12.6 Å². The van der Waals surface area contributed by atoms with Crippen molar-refractivity contribution in [1.82, 2.24) is 0 Å². The summed E-state index contributed by atoms with van der Waals surface area (Å²) in [5, 5.41) is 0. The number of nitrogen functional groups attached to an aromatic ring is 5. The van der Waals surface area contributed by atoms with E-state index in [1.807, 2.05) is 43.3 Å². The molecule has 0 heterocycles. The van der Waals surface area contributed by atoms with Crippen LogP contribution in [0.15, 0.2) is 70.5 Å². The molecule has 0 atom stereocenters. The van der Waals surface area contributed by atoms with E-state index in [4.69, 9.17) is 33.2 Å². The molecule has 11 N–H and O–H groups in total. The minimum atomic E-state index is -4.26. The fourth-order valence-electron chi connectivity index (χ4n) is 1.95. The zero-order chi connectivity index (χ0) is 22.2. The first-order chi connectivity index (χ1) is 13.4. The molecule has 3 rings (SSSR count). The van der Waals surface area contributed by atoms with Crippen molar-refractivity contribution in [2.45, 2.75) is 16.7 Å². The molecule has 0 bridgehead atoms. The Morgan fingerprint density at radius 2 is 1.17 bits per heavy atom. The zero-order valence-electron chi connectivity index (χ0n) is 15.8. The van der Waals surface area contributed by atoms with Crippen LogP contribution in [0.25, 0.3) is 0 Å². The van der Waals surface area contributed by atoms with Crippen molar-refractivity contribution in [3.8, 4) is 0 Å². The zero-order valence-corrected chi connectivity index (χ0v) is 17.5. The molecule has 3 aromatic rings. The lowest BCUT2D eigenvalue weighted by Crippen LogP contribution is -2.03. The van der Waals surface area contributed by atoms with E-state index < -0.39 is 10.1 Å². The van der Waals surface area contributed by atoms with Gasteiger partial charge in [0.2, 0.25) is 0 Å². The number of hydrogen-bond donors (Lipinski definition) is 7. The van der Waals surface area contributed by atoms with Crippen molar-refractivity contribution in [1.29, 1.82) is 0 Å². The molecule has 0 aliphatic heterocycles. The van der Waals surface area contributed by atoms with Crippen LogP contribution in [0, 0.1) is 6.92 Å². The number of thiol groups is 1. The maximum atomic E-state index is 10.6. The monoisotopic (exact) mass is 435 g/mol. The third kappa shape index (κ3) is 8.64. The average molecular weight is 436 g/mol. The molecule has 3 aromatic carbocycles. The topological polar surface area (TPSA) is 184 Å². The molecular weight excluding hydrogens is 410 g/mol. The highest BCUT2D eigenvalue weighted by molar-refractivity contribution is 7.86. The molecule has 0 unspecified atom stereocenters. The molecular formula is C19H25N5O3S2. The van der Waals surface area contributed by atoms with Crippen molar-refractivity contribution in [3.63, 3.8) is 0 Å². The lowest BCUT2D eigenvalue weighted by atomic mass is 10.2. The van der Waals surface area contributed by atoms with Gasteiger partial charge in [-0.2, -0.15) is 8.42 Å². The number of hydrogen-bond acceptors (Lipinski definition) is 8. The molecule has 0 saturated heterocycles. The standard InChI is InChI=1S/C7H10N2.C6H8N2O3S.C6H7NS/c1-5-4-6(8)2-3-7(5)9;7-4-1-2-5(8)6(3-4)12(9,10)11;7-5-1-3-6(8)4-2-5/h2-4H,8-9H2,1H3;1-3H,7-8H2,(H,9,10,11);1-4,8H,7H2. The number of nitrogens with two attached hydrogens (primary N) is 5. The Kier molecular flexibility index (Phi) is 8.64. The Labute approximate surface area is 175 Å². The van der Waals surface area contributed by atoms with Crippen LogP contribution in [-0.4, -0.2) is 13.0 Å². The van der Waals surface area contributed by atoms with E-state index in [0.717, 1.165) is 33.6 Å². The molecule has 10 heteroatoms. The van der Waals surface area contributed by atoms with Gasteiger partial charge >= 0.3 is 0 Å². The SMILES string of the molecule is Cc1cc(N)ccc1N.Nc1ccc(N)c(S(=O)(=O)O)c1.Nc1ccc(S)cc1. The van der Waals surface area contributed by atoms with Gasteiger partial charge in [0.25, 0.3) is 10.1 Å². The minimum Gasteiger partial charge on any atom is -0.399 e. The maximum Gasteiger partial charge on any atom is 0.296 e. The predicted octanol–water partition coefficient (Wildman–Crippen LogP) is 2.81. The second-order valence-corrected chi connectivity index (χ2v) is 7.89. The van der Waals surface area contributed by atoms with Crippen LogP contribution in [0.1, 0.15) is 5.56 Å². The van der Waals surface area contributed by atoms with Gasteiger partial charge in [0, 0.05) is 27.6 Å². The van der Waals surface area contributed by atoms with E-state index >= 15 is 0 Å². The van der Waals surface area contributed by atoms with Crippen molar-refractivity contribution < 1.29 is 13.0 Å². The molecule has 0 aliphatic carbocycles. The third-order valence-electron chi connectivity index (χ3n) is 3.50. The third-order valence-corrected chi connectivity index (χ3v) is 4.71. The molecule has 0 aromatic heterocycles. The summed E-state index contributed by atoms with van der Waals surface area (Å²) in [6.07, 6.45) is 0. The molecule has 0 fully saturated rings. The van der Waals surface area contributed by atoms with Crippen molar-refractivity contribution in [2.75, 3.05) is 28.7 Å². The molecule has 29 heavy (non-hydrogen) atoms. The van der Waals surface area contributed by atoms with Crippen LogP contribution in [-0.2, 0) is 10.1 Å². The molecule has 0 aliphatic rings. The van der Waals surface area contributed by atoms with Crippen LogP contribution in [0.3, 0.4) is 0 Å². The molecule has 0 spiro atoms. The average Bonchev–Trinajstić information content (AvgIpc) is 2.63. The van der Waals surface area contributed by atoms with E-state index in [1.54, 1.807) is 6.07 Å². The van der Waals surface area contributed by atoms with Crippen LogP contribution >= 0.6 is 12.6 Å². The summed E-state index contributed by atoms with van der Waals surface area (Å²) in [5.74, 6) is 0. The predicted molar refractivity (Wildman–Crippen MR) is 123 cm³/mol. The lowest BCUT2D eigenvalue weighted by Gasteiger charge is -2.02. The van der Waals surface area contributed by atoms with Crippen molar-refractivity contribution in [2.24, 2.45) is 0 Å². The molecule has 0 saturated carbocycles. The minimum absolute atomic E-state index is 0.0216. The lowest BCUT2D eigenvalue weighted by molar-refractivity contribution is 0.483. The van der Waals surface area contributed by atoms with Gasteiger partial charge in [-0.05, 0) is 73.2 Å². The normalized spacial score (nSPS) is 10.2. The fourth-order valence-corrected chi connectivity index (χ4v) is 2.75. The van der Waals surface area contributed by atoms with Gasteiger partial charge < -0.3 is 28.7 Å². The number of benzene rings is 3. The van der Waals surface area contributed by atoms with Crippen LogP contribution in [0.4, 0.5) is 28.4 Å². The second kappa shape index (κ2) is 10.5. The first-order valence-corrected chi connectivity index (χ1v) is 10.1. The highest BCUT2D eigenvalue weighted by atomic mass is 32.2.